The predicted molar refractivity (Wildman–Crippen MR) is 67.0 cm³/mol. The first-order valence-corrected chi connectivity index (χ1v) is 7.74. The van der Waals surface area contributed by atoms with Crippen molar-refractivity contribution in [2.24, 2.45) is 0 Å². The average Bonchev–Trinajstić information content (AvgIpc) is 2.81. The maximum Gasteiger partial charge on any atom is 0.318 e. The summed E-state index contributed by atoms with van der Waals surface area (Å²) in [5.41, 5.74) is 0.828. The van der Waals surface area contributed by atoms with Gasteiger partial charge in [-0.25, -0.2) is 13.4 Å². The maximum atomic E-state index is 11.5. The Labute approximate surface area is 113 Å². The number of aliphatic carboxylic acids is 1. The third-order valence-corrected chi connectivity index (χ3v) is 4.28. The minimum Gasteiger partial charge on any atom is -0.480 e. The Kier molecular flexibility index (Phi) is 3.86. The predicted octanol–water partition coefficient (Wildman–Crippen LogP) is -0.0505. The van der Waals surface area contributed by atoms with E-state index in [-0.39, 0.29) is 5.88 Å². The van der Waals surface area contributed by atoms with Gasteiger partial charge in [0.25, 0.3) is 0 Å². The Bertz CT molecular complexity index is 665. The molecule has 0 saturated carbocycles. The zero-order chi connectivity index (χ0) is 13.9. The van der Waals surface area contributed by atoms with Gasteiger partial charge in [0.1, 0.15) is 11.3 Å². The molecule has 0 fully saturated rings. The third-order valence-electron chi connectivity index (χ3n) is 2.19. The van der Waals surface area contributed by atoms with Crippen LogP contribution in [0.2, 0.25) is 0 Å². The van der Waals surface area contributed by atoms with Crippen molar-refractivity contribution in [2.75, 3.05) is 5.75 Å². The lowest BCUT2D eigenvalue weighted by Crippen LogP contribution is -2.39. The summed E-state index contributed by atoms with van der Waals surface area (Å²) in [6.45, 7) is 0. The molecule has 2 rings (SSSR count). The Morgan fingerprint density at radius 3 is 2.58 bits per heavy atom. The highest BCUT2D eigenvalue weighted by Crippen LogP contribution is 2.17. The molecule has 0 atom stereocenters. The van der Waals surface area contributed by atoms with Gasteiger partial charge in [-0.05, 0) is 11.5 Å². The van der Waals surface area contributed by atoms with E-state index >= 15 is 0 Å². The first-order chi connectivity index (χ1) is 8.96. The van der Waals surface area contributed by atoms with E-state index in [1.54, 1.807) is 24.5 Å². The van der Waals surface area contributed by atoms with Crippen LogP contribution in [0, 0.1) is 0 Å². The van der Waals surface area contributed by atoms with Crippen LogP contribution in [0.5, 0.6) is 0 Å². The van der Waals surface area contributed by atoms with Crippen LogP contribution in [-0.2, 0) is 20.5 Å². The molecule has 9 heteroatoms. The van der Waals surface area contributed by atoms with Crippen LogP contribution in [-0.4, -0.2) is 34.6 Å². The Morgan fingerprint density at radius 2 is 2.05 bits per heavy atom. The molecule has 0 aliphatic heterocycles. The molecule has 0 amide bonds. The SMILES string of the molecule is O=C(O)CS(=O)(=O)C[n+]1ccc(-c2ncns2)cc1. The second-order valence-corrected chi connectivity index (χ2v) is 6.57. The molecule has 2 aromatic heterocycles. The van der Waals surface area contributed by atoms with Crippen molar-refractivity contribution in [1.29, 1.82) is 0 Å². The number of rotatable bonds is 5. The number of hydrogen-bond donors (Lipinski definition) is 1. The van der Waals surface area contributed by atoms with E-state index in [0.717, 1.165) is 10.6 Å². The van der Waals surface area contributed by atoms with Crippen LogP contribution in [0.1, 0.15) is 0 Å². The van der Waals surface area contributed by atoms with E-state index in [9.17, 15) is 13.2 Å². The molecule has 100 valence electrons. The van der Waals surface area contributed by atoms with Crippen molar-refractivity contribution in [2.45, 2.75) is 5.88 Å². The lowest BCUT2D eigenvalue weighted by molar-refractivity contribution is -0.677. The van der Waals surface area contributed by atoms with Crippen molar-refractivity contribution in [3.63, 3.8) is 0 Å². The lowest BCUT2D eigenvalue weighted by atomic mass is 10.3. The van der Waals surface area contributed by atoms with Gasteiger partial charge >= 0.3 is 5.97 Å². The van der Waals surface area contributed by atoms with Crippen molar-refractivity contribution >= 4 is 27.3 Å². The molecule has 0 aliphatic rings. The van der Waals surface area contributed by atoms with Gasteiger partial charge in [-0.3, -0.25) is 4.79 Å². The molecule has 2 heterocycles. The van der Waals surface area contributed by atoms with Gasteiger partial charge < -0.3 is 5.11 Å². The van der Waals surface area contributed by atoms with Gasteiger partial charge in [0, 0.05) is 17.7 Å². The summed E-state index contributed by atoms with van der Waals surface area (Å²) in [6.07, 6.45) is 4.57. The number of sulfone groups is 1. The number of carboxylic acids is 1. The minimum absolute atomic E-state index is 0.365. The maximum absolute atomic E-state index is 11.5. The van der Waals surface area contributed by atoms with E-state index in [0.29, 0.717) is 0 Å². The number of aromatic nitrogens is 3. The standard InChI is InChI=1S/C10H9N3O4S2/c14-9(15)5-19(16,17)7-13-3-1-8(2-4-13)10-11-6-12-18-10/h1-4,6H,5,7H2/p+1. The summed E-state index contributed by atoms with van der Waals surface area (Å²) in [5.74, 6) is -2.60. The van der Waals surface area contributed by atoms with Crippen molar-refractivity contribution in [1.82, 2.24) is 9.36 Å². The number of hydrogen-bond acceptors (Lipinski definition) is 6. The zero-order valence-corrected chi connectivity index (χ0v) is 11.3. The lowest BCUT2D eigenvalue weighted by Gasteiger charge is -1.98. The van der Waals surface area contributed by atoms with E-state index in [4.69, 9.17) is 5.11 Å². The summed E-state index contributed by atoms with van der Waals surface area (Å²) in [5, 5.41) is 9.23. The highest BCUT2D eigenvalue weighted by molar-refractivity contribution is 7.90. The minimum atomic E-state index is -3.66. The van der Waals surface area contributed by atoms with Gasteiger partial charge in [-0.2, -0.15) is 8.94 Å². The molecule has 0 radical (unpaired) electrons. The fraction of sp³-hybridized carbons (Fsp3) is 0.200. The number of carboxylic acid groups (broad SMARTS) is 1. The highest BCUT2D eigenvalue weighted by Gasteiger charge is 2.21. The highest BCUT2D eigenvalue weighted by atomic mass is 32.2. The molecular weight excluding hydrogens is 290 g/mol. The molecule has 0 spiro atoms. The molecule has 0 aliphatic carbocycles. The van der Waals surface area contributed by atoms with Crippen LogP contribution in [0.4, 0.5) is 0 Å². The van der Waals surface area contributed by atoms with Gasteiger partial charge in [0.05, 0.1) is 0 Å². The van der Waals surface area contributed by atoms with Crippen LogP contribution in [0.3, 0.4) is 0 Å². The second-order valence-electron chi connectivity index (χ2n) is 3.76. The van der Waals surface area contributed by atoms with Crippen LogP contribution in [0.25, 0.3) is 10.6 Å². The second kappa shape index (κ2) is 5.41. The molecular formula is C10H10N3O4S2+. The van der Waals surface area contributed by atoms with Crippen LogP contribution in [0.15, 0.2) is 30.9 Å². The monoisotopic (exact) mass is 300 g/mol. The number of carbonyl (C=O) groups is 1. The van der Waals surface area contributed by atoms with E-state index in [1.807, 2.05) is 0 Å². The van der Waals surface area contributed by atoms with Crippen molar-refractivity contribution < 1.29 is 22.9 Å². The van der Waals surface area contributed by atoms with Gasteiger partial charge in [0.15, 0.2) is 18.1 Å². The average molecular weight is 300 g/mol. The summed E-state index contributed by atoms with van der Waals surface area (Å²) >= 11 is 1.24. The zero-order valence-electron chi connectivity index (χ0n) is 9.63. The van der Waals surface area contributed by atoms with Crippen LogP contribution < -0.4 is 4.57 Å². The third kappa shape index (κ3) is 3.80. The van der Waals surface area contributed by atoms with Gasteiger partial charge in [-0.15, -0.1) is 0 Å². The summed E-state index contributed by atoms with van der Waals surface area (Å²) < 4.78 is 28.3. The summed E-state index contributed by atoms with van der Waals surface area (Å²) in [7, 11) is -3.66. The smallest absolute Gasteiger partial charge is 0.318 e. The van der Waals surface area contributed by atoms with Crippen molar-refractivity contribution in [3.05, 3.63) is 30.9 Å². The van der Waals surface area contributed by atoms with E-state index in [2.05, 4.69) is 9.36 Å². The molecule has 1 N–H and O–H groups in total. The molecule has 19 heavy (non-hydrogen) atoms. The topological polar surface area (TPSA) is 101 Å². The first kappa shape index (κ1) is 13.6. The molecule has 0 bridgehead atoms. The number of pyridine rings is 1. The molecule has 0 unspecified atom stereocenters. The van der Waals surface area contributed by atoms with E-state index < -0.39 is 21.6 Å². The van der Waals surface area contributed by atoms with Gasteiger partial charge in [-0.1, -0.05) is 0 Å². The normalized spacial score (nSPS) is 11.4. The Balaban J connectivity index is 2.13. The molecule has 7 nitrogen and oxygen atoms in total. The summed E-state index contributed by atoms with van der Waals surface area (Å²) in [6, 6.07) is 3.41. The fourth-order valence-electron chi connectivity index (χ4n) is 1.45. The fourth-order valence-corrected chi connectivity index (χ4v) is 3.07. The Hall–Kier alpha value is -1.87. The van der Waals surface area contributed by atoms with Gasteiger partial charge in [0.2, 0.25) is 15.7 Å². The largest absolute Gasteiger partial charge is 0.480 e. The Morgan fingerprint density at radius 1 is 1.37 bits per heavy atom. The first-order valence-electron chi connectivity index (χ1n) is 5.15. The van der Waals surface area contributed by atoms with E-state index in [1.165, 1.54) is 22.4 Å². The molecule has 2 aromatic rings. The number of nitrogens with zero attached hydrogens (tertiary/aromatic N) is 3. The van der Waals surface area contributed by atoms with Crippen molar-refractivity contribution in [3.8, 4) is 10.6 Å². The quantitative estimate of drug-likeness (QED) is 0.777. The summed E-state index contributed by atoms with van der Waals surface area (Å²) in [4.78, 5) is 14.4. The molecule has 0 aromatic carbocycles. The molecule has 0 saturated heterocycles. The van der Waals surface area contributed by atoms with Crippen LogP contribution >= 0.6 is 11.5 Å².